The minimum Gasteiger partial charge on any atom is -0.451 e. The minimum atomic E-state index is 0.0816. The number of aryl methyl sites for hydroxylation is 2. The van der Waals surface area contributed by atoms with Crippen LogP contribution >= 0.6 is 11.8 Å². The van der Waals surface area contributed by atoms with E-state index in [1.807, 2.05) is 55.5 Å². The summed E-state index contributed by atoms with van der Waals surface area (Å²) in [4.78, 5) is 21.5. The lowest BCUT2D eigenvalue weighted by Gasteiger charge is -2.04. The van der Waals surface area contributed by atoms with Gasteiger partial charge in [-0.25, -0.2) is 9.97 Å². The summed E-state index contributed by atoms with van der Waals surface area (Å²) in [6.07, 6.45) is 0.966. The Hall–Kier alpha value is -2.66. The number of hydrogen-bond acceptors (Lipinski definition) is 5. The van der Waals surface area contributed by atoms with Crippen LogP contribution in [0.15, 0.2) is 58.0 Å². The van der Waals surface area contributed by atoms with Crippen molar-refractivity contribution in [1.29, 1.82) is 0 Å². The van der Waals surface area contributed by atoms with Gasteiger partial charge in [0.05, 0.1) is 5.75 Å². The van der Waals surface area contributed by atoms with Crippen molar-refractivity contribution in [3.05, 3.63) is 65.5 Å². The SMILES string of the molecule is CCc1ccc(C(=O)CSc2nc(C)nc3c2oc2ccccc23)cc1. The Bertz CT molecular complexity index is 1100. The number of nitrogens with zero attached hydrogens (tertiary/aromatic N) is 2. The molecule has 4 nitrogen and oxygen atoms in total. The molecular weight excluding hydrogens is 344 g/mol. The highest BCUT2D eigenvalue weighted by Gasteiger charge is 2.16. The lowest BCUT2D eigenvalue weighted by atomic mass is 10.1. The van der Waals surface area contributed by atoms with E-state index in [4.69, 9.17) is 4.42 Å². The number of benzene rings is 2. The van der Waals surface area contributed by atoms with Crippen molar-refractivity contribution in [1.82, 2.24) is 9.97 Å². The first-order chi connectivity index (χ1) is 12.7. The van der Waals surface area contributed by atoms with Crippen molar-refractivity contribution in [3.8, 4) is 0 Å². The number of rotatable bonds is 5. The van der Waals surface area contributed by atoms with Gasteiger partial charge in [-0.2, -0.15) is 0 Å². The Balaban J connectivity index is 1.63. The van der Waals surface area contributed by atoms with E-state index in [-0.39, 0.29) is 5.78 Å². The molecule has 0 unspecified atom stereocenters. The zero-order valence-corrected chi connectivity index (χ0v) is 15.5. The van der Waals surface area contributed by atoms with Crippen LogP contribution in [-0.4, -0.2) is 21.5 Å². The van der Waals surface area contributed by atoms with E-state index < -0.39 is 0 Å². The molecule has 0 aliphatic carbocycles. The quantitative estimate of drug-likeness (QED) is 0.277. The average Bonchev–Trinajstić information content (AvgIpc) is 3.04. The van der Waals surface area contributed by atoms with E-state index in [0.717, 1.165) is 28.5 Å². The van der Waals surface area contributed by atoms with E-state index in [9.17, 15) is 4.79 Å². The zero-order valence-electron chi connectivity index (χ0n) is 14.7. The highest BCUT2D eigenvalue weighted by molar-refractivity contribution is 8.00. The fraction of sp³-hybridized carbons (Fsp3) is 0.190. The molecule has 0 saturated carbocycles. The molecule has 0 atom stereocenters. The van der Waals surface area contributed by atoms with Crippen molar-refractivity contribution in [2.75, 3.05) is 5.75 Å². The van der Waals surface area contributed by atoms with Crippen LogP contribution in [0.3, 0.4) is 0 Å². The number of aromatic nitrogens is 2. The minimum absolute atomic E-state index is 0.0816. The van der Waals surface area contributed by atoms with Gasteiger partial charge in [-0.05, 0) is 31.0 Å². The molecule has 2 aromatic heterocycles. The molecule has 0 radical (unpaired) electrons. The summed E-state index contributed by atoms with van der Waals surface area (Å²) in [7, 11) is 0. The fourth-order valence-corrected chi connectivity index (χ4v) is 3.81. The second kappa shape index (κ2) is 6.92. The molecule has 0 fully saturated rings. The topological polar surface area (TPSA) is 56.0 Å². The van der Waals surface area contributed by atoms with Crippen LogP contribution in [0.25, 0.3) is 22.1 Å². The summed E-state index contributed by atoms with van der Waals surface area (Å²) in [6, 6.07) is 15.6. The van der Waals surface area contributed by atoms with Crippen molar-refractivity contribution in [2.45, 2.75) is 25.3 Å². The van der Waals surface area contributed by atoms with Crippen LogP contribution < -0.4 is 0 Å². The highest BCUT2D eigenvalue weighted by Crippen LogP contribution is 2.33. The zero-order chi connectivity index (χ0) is 18.1. The molecule has 2 heterocycles. The van der Waals surface area contributed by atoms with Gasteiger partial charge in [-0.3, -0.25) is 4.79 Å². The van der Waals surface area contributed by atoms with Crippen molar-refractivity contribution >= 4 is 39.6 Å². The van der Waals surface area contributed by atoms with Gasteiger partial charge in [0.1, 0.15) is 22.0 Å². The third kappa shape index (κ3) is 3.10. The van der Waals surface area contributed by atoms with Crippen LogP contribution in [0.4, 0.5) is 0 Å². The van der Waals surface area contributed by atoms with Crippen molar-refractivity contribution < 1.29 is 9.21 Å². The first-order valence-corrected chi connectivity index (χ1v) is 9.55. The normalized spacial score (nSPS) is 11.3. The van der Waals surface area contributed by atoms with Crippen LogP contribution in [0.1, 0.15) is 28.7 Å². The number of furan rings is 1. The highest BCUT2D eigenvalue weighted by atomic mass is 32.2. The first kappa shape index (κ1) is 16.8. The van der Waals surface area contributed by atoms with Gasteiger partial charge in [0.15, 0.2) is 11.4 Å². The summed E-state index contributed by atoms with van der Waals surface area (Å²) in [6.45, 7) is 3.96. The van der Waals surface area contributed by atoms with Gasteiger partial charge >= 0.3 is 0 Å². The smallest absolute Gasteiger partial charge is 0.186 e. The maximum absolute atomic E-state index is 12.5. The van der Waals surface area contributed by atoms with Gasteiger partial charge in [-0.15, -0.1) is 0 Å². The third-order valence-electron chi connectivity index (χ3n) is 4.32. The molecule has 0 saturated heterocycles. The Morgan fingerprint density at radius 3 is 2.62 bits per heavy atom. The lowest BCUT2D eigenvalue weighted by Crippen LogP contribution is -2.03. The van der Waals surface area contributed by atoms with Gasteiger partial charge in [0, 0.05) is 10.9 Å². The first-order valence-electron chi connectivity index (χ1n) is 8.56. The van der Waals surface area contributed by atoms with Gasteiger partial charge in [0.25, 0.3) is 0 Å². The predicted molar refractivity (Wildman–Crippen MR) is 105 cm³/mol. The van der Waals surface area contributed by atoms with E-state index in [1.54, 1.807) is 0 Å². The number of fused-ring (bicyclic) bond motifs is 3. The molecule has 0 aliphatic heterocycles. The van der Waals surface area contributed by atoms with Crippen molar-refractivity contribution in [3.63, 3.8) is 0 Å². The van der Waals surface area contributed by atoms with Crippen LogP contribution in [0.2, 0.25) is 0 Å². The third-order valence-corrected chi connectivity index (χ3v) is 5.28. The molecule has 4 aromatic rings. The van der Waals surface area contributed by atoms with Gasteiger partial charge < -0.3 is 4.42 Å². The van der Waals surface area contributed by atoms with Gasteiger partial charge in [0.2, 0.25) is 0 Å². The second-order valence-electron chi connectivity index (χ2n) is 6.11. The molecule has 0 bridgehead atoms. The summed E-state index contributed by atoms with van der Waals surface area (Å²) >= 11 is 1.40. The summed E-state index contributed by atoms with van der Waals surface area (Å²) in [5.41, 5.74) is 4.18. The van der Waals surface area contributed by atoms with E-state index in [2.05, 4.69) is 16.9 Å². The number of carbonyl (C=O) groups is 1. The monoisotopic (exact) mass is 362 g/mol. The molecule has 5 heteroatoms. The summed E-state index contributed by atoms with van der Waals surface area (Å²) in [5.74, 6) is 1.07. The van der Waals surface area contributed by atoms with E-state index >= 15 is 0 Å². The summed E-state index contributed by atoms with van der Waals surface area (Å²) in [5, 5.41) is 1.68. The Labute approximate surface area is 155 Å². The standard InChI is InChI=1S/C21H18N2O2S/c1-3-14-8-10-15(11-9-14)17(24)12-26-21-20-19(22-13(2)23-21)16-6-4-5-7-18(16)25-20/h4-11H,3,12H2,1-2H3. The number of Topliss-reactive ketones (excluding diaryl/α,β-unsaturated/α-hetero) is 1. The van der Waals surface area contributed by atoms with E-state index in [0.29, 0.717) is 22.2 Å². The number of ketones is 1. The number of para-hydroxylation sites is 1. The largest absolute Gasteiger partial charge is 0.451 e. The molecule has 0 N–H and O–H groups in total. The molecule has 2 aromatic carbocycles. The van der Waals surface area contributed by atoms with E-state index in [1.165, 1.54) is 17.3 Å². The van der Waals surface area contributed by atoms with Crippen LogP contribution in [-0.2, 0) is 6.42 Å². The predicted octanol–water partition coefficient (Wildman–Crippen LogP) is 5.22. The van der Waals surface area contributed by atoms with Crippen LogP contribution in [0, 0.1) is 6.92 Å². The Morgan fingerprint density at radius 1 is 1.08 bits per heavy atom. The second-order valence-corrected chi connectivity index (χ2v) is 7.08. The molecule has 4 rings (SSSR count). The van der Waals surface area contributed by atoms with Crippen LogP contribution in [0.5, 0.6) is 0 Å². The Morgan fingerprint density at radius 2 is 1.85 bits per heavy atom. The maximum atomic E-state index is 12.5. The number of thioether (sulfide) groups is 1. The Kier molecular flexibility index (Phi) is 4.47. The molecule has 26 heavy (non-hydrogen) atoms. The summed E-state index contributed by atoms with van der Waals surface area (Å²) < 4.78 is 5.95. The molecule has 0 spiro atoms. The fourth-order valence-electron chi connectivity index (χ4n) is 2.91. The molecule has 0 amide bonds. The number of carbonyl (C=O) groups excluding carboxylic acids is 1. The lowest BCUT2D eigenvalue weighted by molar-refractivity contribution is 0.102. The molecule has 130 valence electrons. The molecular formula is C21H18N2O2S. The van der Waals surface area contributed by atoms with Gasteiger partial charge in [-0.1, -0.05) is 55.1 Å². The number of hydrogen-bond donors (Lipinski definition) is 0. The maximum Gasteiger partial charge on any atom is 0.186 e. The molecule has 0 aliphatic rings. The average molecular weight is 362 g/mol. The van der Waals surface area contributed by atoms with Crippen molar-refractivity contribution in [2.24, 2.45) is 0 Å².